The molecule has 2 aromatic heterocycles. The van der Waals surface area contributed by atoms with Crippen LogP contribution in [0.25, 0.3) is 22.0 Å². The van der Waals surface area contributed by atoms with Gasteiger partial charge in [-0.25, -0.2) is 14.8 Å². The molecule has 7 atom stereocenters. The number of carbonyl (C=O) groups excluding carboxylic acids is 3. The Bertz CT molecular complexity index is 2230. The van der Waals surface area contributed by atoms with E-state index in [9.17, 15) is 32.7 Å². The van der Waals surface area contributed by atoms with Gasteiger partial charge in [0, 0.05) is 38.4 Å². The van der Waals surface area contributed by atoms with Gasteiger partial charge in [0.15, 0.2) is 5.69 Å². The van der Waals surface area contributed by atoms with Crippen molar-refractivity contribution in [2.45, 2.75) is 95.7 Å². The maximum absolute atomic E-state index is 14.3. The first-order chi connectivity index (χ1) is 28.7. The number of benzene rings is 2. The highest BCUT2D eigenvalue weighted by molar-refractivity contribution is 5.88. The van der Waals surface area contributed by atoms with Crippen LogP contribution in [0.15, 0.2) is 42.6 Å². The minimum atomic E-state index is -4.81. The smallest absolute Gasteiger partial charge is 0.436 e. The molecule has 0 bridgehead atoms. The second kappa shape index (κ2) is 18.8. The molecule has 0 aliphatic carbocycles. The summed E-state index contributed by atoms with van der Waals surface area (Å²) in [5.41, 5.74) is 0.469. The van der Waals surface area contributed by atoms with Gasteiger partial charge in [-0.2, -0.15) is 13.2 Å². The van der Waals surface area contributed by atoms with E-state index in [0.717, 1.165) is 28.5 Å². The Labute approximate surface area is 345 Å². The average molecular weight is 837 g/mol. The Hall–Kier alpha value is -5.48. The maximum atomic E-state index is 14.3. The summed E-state index contributed by atoms with van der Waals surface area (Å²) in [7, 11) is 3.98. The van der Waals surface area contributed by atoms with E-state index >= 15 is 0 Å². The van der Waals surface area contributed by atoms with Crippen LogP contribution in [-0.2, 0) is 30.0 Å². The fourth-order valence-electron chi connectivity index (χ4n) is 7.75. The first kappa shape index (κ1) is 44.1. The van der Waals surface area contributed by atoms with E-state index in [1.165, 1.54) is 26.2 Å². The van der Waals surface area contributed by atoms with Gasteiger partial charge in [0.1, 0.15) is 23.4 Å². The molecule has 0 spiro atoms. The predicted molar refractivity (Wildman–Crippen MR) is 214 cm³/mol. The van der Waals surface area contributed by atoms with Crippen LogP contribution in [0.3, 0.4) is 0 Å². The number of imidazole rings is 2. The lowest BCUT2D eigenvalue weighted by Crippen LogP contribution is -2.54. The first-order valence-corrected chi connectivity index (χ1v) is 19.9. The highest BCUT2D eigenvalue weighted by atomic mass is 19.4. The molecule has 15 nitrogen and oxygen atoms in total. The zero-order valence-corrected chi connectivity index (χ0v) is 34.4. The molecule has 2 aliphatic heterocycles. The minimum absolute atomic E-state index is 0.00614. The second-order valence-electron chi connectivity index (χ2n) is 15.1. The van der Waals surface area contributed by atoms with E-state index in [-0.39, 0.29) is 29.6 Å². The van der Waals surface area contributed by atoms with E-state index in [0.29, 0.717) is 50.2 Å². The van der Waals surface area contributed by atoms with Gasteiger partial charge in [-0.3, -0.25) is 14.9 Å². The summed E-state index contributed by atoms with van der Waals surface area (Å²) in [6.45, 7) is 6.24. The van der Waals surface area contributed by atoms with Crippen molar-refractivity contribution in [2.75, 3.05) is 34.4 Å². The van der Waals surface area contributed by atoms with Gasteiger partial charge >= 0.3 is 12.3 Å². The van der Waals surface area contributed by atoms with Crippen LogP contribution in [0.5, 0.6) is 0 Å². The van der Waals surface area contributed by atoms with Crippen LogP contribution in [0.2, 0.25) is 0 Å². The van der Waals surface area contributed by atoms with Crippen LogP contribution in [0.1, 0.15) is 93.6 Å². The number of hydrogen-bond acceptors (Lipinski definition) is 10. The van der Waals surface area contributed by atoms with E-state index < -0.39 is 54.3 Å². The normalized spacial score (nSPS) is 19.4. The number of alkyl carbamates (subject to hydrolysis) is 1. The summed E-state index contributed by atoms with van der Waals surface area (Å²) >= 11 is 0. The van der Waals surface area contributed by atoms with Crippen LogP contribution in [0, 0.1) is 17.8 Å². The molecule has 2 fully saturated rings. The molecular weight excluding hydrogens is 786 g/mol. The number of alkyl halides is 3. The fraction of sp³-hybridized carbons (Fsp3) is 0.500. The van der Waals surface area contributed by atoms with Gasteiger partial charge in [0.25, 0.3) is 0 Å². The Balaban J connectivity index is 1.20. The van der Waals surface area contributed by atoms with Crippen molar-refractivity contribution >= 4 is 28.7 Å². The number of fused-ring (bicyclic) bond motifs is 1. The van der Waals surface area contributed by atoms with E-state index in [4.69, 9.17) is 14.2 Å². The molecule has 3 amide bonds. The van der Waals surface area contributed by atoms with Crippen LogP contribution < -0.4 is 10.6 Å². The third kappa shape index (κ3) is 9.60. The fourth-order valence-corrected chi connectivity index (χ4v) is 7.75. The van der Waals surface area contributed by atoms with Crippen molar-refractivity contribution in [3.63, 3.8) is 0 Å². The lowest BCUT2D eigenvalue weighted by atomic mass is 9.97. The van der Waals surface area contributed by atoms with Crippen LogP contribution in [0.4, 0.5) is 18.0 Å². The maximum Gasteiger partial charge on any atom is 0.436 e. The van der Waals surface area contributed by atoms with E-state index in [1.54, 1.807) is 30.2 Å². The number of nitrogens with one attached hydrogen (secondary N) is 4. The van der Waals surface area contributed by atoms with Gasteiger partial charge in [-0.1, -0.05) is 44.4 Å². The molecule has 2 aromatic carbocycles. The lowest BCUT2D eigenvalue weighted by Gasteiger charge is -2.32. The zero-order chi connectivity index (χ0) is 43.3. The summed E-state index contributed by atoms with van der Waals surface area (Å²) in [5, 5.41) is 17.1. The number of H-pyrrole nitrogens is 2. The number of nitrogens with zero attached hydrogens (tertiary/aromatic N) is 4. The predicted octanol–water partition coefficient (Wildman–Crippen LogP) is 5.38. The zero-order valence-electron chi connectivity index (χ0n) is 34.4. The molecule has 4 aromatic rings. The van der Waals surface area contributed by atoms with Crippen molar-refractivity contribution in [1.82, 2.24) is 40.4 Å². The summed E-state index contributed by atoms with van der Waals surface area (Å²) in [6.07, 6.45) is -2.85. The number of aliphatic hydroxyl groups is 1. The third-order valence-corrected chi connectivity index (χ3v) is 11.4. The lowest BCUT2D eigenvalue weighted by molar-refractivity contribution is -0.145. The largest absolute Gasteiger partial charge is 0.453 e. The van der Waals surface area contributed by atoms with Gasteiger partial charge in [-0.15, -0.1) is 0 Å². The molecule has 0 radical (unpaired) electrons. The number of likely N-dealkylation sites (tertiary alicyclic amines) is 2. The minimum Gasteiger partial charge on any atom is -0.453 e. The summed E-state index contributed by atoms with van der Waals surface area (Å²) in [6, 6.07) is 8.19. The molecule has 60 heavy (non-hydrogen) atoms. The van der Waals surface area contributed by atoms with Crippen molar-refractivity contribution in [1.29, 1.82) is 0 Å². The highest BCUT2D eigenvalue weighted by Gasteiger charge is 2.42. The molecule has 18 heteroatoms. The topological polar surface area (TPSA) is 187 Å². The standard InChI is InChI=1S/C42H51F3N8O7/c1-7-23(2)33(49-40(56)59-5)38(54)53-19-9-11-32(53)37-47-29(35(51-37)42(43,44)45)17-13-25-12-14-27-21-28(16-15-26(27)20-25)30-22-46-36(48-30)31-10-8-18-52(31)39(55)34(24(3)58-4)50-41(57)60-6/h12,14-16,20-24,31-34,40,49,56H,7-11,18-19H2,1-6H3,(H,46,48)(H,47,51)(H,50,57)/t23-,24+,31-,32-,33-,34-,40?/m0/s1. The molecule has 4 heterocycles. The number of aliphatic hydroxyl groups excluding tert-OH is 1. The number of hydrogen-bond donors (Lipinski definition) is 5. The highest BCUT2D eigenvalue weighted by Crippen LogP contribution is 2.37. The number of methoxy groups -OCH3 is 3. The Morgan fingerprint density at radius 2 is 1.57 bits per heavy atom. The summed E-state index contributed by atoms with van der Waals surface area (Å²) in [4.78, 5) is 57.3. The first-order valence-electron chi connectivity index (χ1n) is 19.9. The van der Waals surface area contributed by atoms with Gasteiger partial charge in [0.2, 0.25) is 18.2 Å². The molecule has 322 valence electrons. The average Bonchev–Trinajstić information content (AvgIpc) is 4.09. The number of amides is 3. The Morgan fingerprint density at radius 1 is 0.917 bits per heavy atom. The number of carbonyl (C=O) groups is 3. The van der Waals surface area contributed by atoms with Crippen LogP contribution >= 0.6 is 0 Å². The van der Waals surface area contributed by atoms with E-state index in [2.05, 4.69) is 42.4 Å². The molecule has 0 saturated carbocycles. The van der Waals surface area contributed by atoms with Crippen molar-refractivity contribution in [2.24, 2.45) is 5.92 Å². The molecule has 6 rings (SSSR count). The SMILES string of the molecule is CC[C@H](C)[C@H](NC(O)OC)C(=O)N1CCC[C@H]1c1nc(C(F)(F)F)c(C#Cc2ccc3cc(-c4cnc([C@@H]5CCCN5C(=O)[C@@H](NC(=O)OC)[C@@H](C)OC)[nH]4)ccc3c2)[nH]1. The van der Waals surface area contributed by atoms with Crippen molar-refractivity contribution < 1.29 is 46.9 Å². The van der Waals surface area contributed by atoms with Gasteiger partial charge in [0.05, 0.1) is 43.2 Å². The molecule has 2 aliphatic rings. The Kier molecular flexibility index (Phi) is 13.8. The number of halogens is 3. The molecule has 5 N–H and O–H groups in total. The second-order valence-corrected chi connectivity index (χ2v) is 15.1. The number of aromatic nitrogens is 4. The number of ether oxygens (including phenoxy) is 3. The van der Waals surface area contributed by atoms with Crippen molar-refractivity contribution in [3.05, 3.63) is 71.2 Å². The van der Waals surface area contributed by atoms with E-state index in [1.807, 2.05) is 38.1 Å². The summed E-state index contributed by atoms with van der Waals surface area (Å²) < 4.78 is 58.0. The number of aromatic amines is 2. The number of rotatable bonds is 13. The van der Waals surface area contributed by atoms with Gasteiger partial charge in [-0.05, 0) is 73.4 Å². The quantitative estimate of drug-likeness (QED) is 0.0865. The molecule has 1 unspecified atom stereocenters. The van der Waals surface area contributed by atoms with Crippen molar-refractivity contribution in [3.8, 4) is 23.1 Å². The third-order valence-electron chi connectivity index (χ3n) is 11.4. The summed E-state index contributed by atoms with van der Waals surface area (Å²) in [5.74, 6) is 5.24. The molecular formula is C42H51F3N8O7. The monoisotopic (exact) mass is 836 g/mol. The van der Waals surface area contributed by atoms with Crippen LogP contribution in [-0.4, -0.2) is 112 Å². The Morgan fingerprint density at radius 3 is 2.20 bits per heavy atom. The van der Waals surface area contributed by atoms with Gasteiger partial charge < -0.3 is 44.4 Å². The molecule has 2 saturated heterocycles.